The maximum absolute atomic E-state index is 5.40. The molecule has 2 heterocycles. The molecule has 1 aromatic carbocycles. The van der Waals surface area contributed by atoms with Crippen molar-refractivity contribution in [2.45, 2.75) is 13.8 Å². The van der Waals surface area contributed by atoms with Crippen LogP contribution in [0.4, 0.5) is 11.4 Å². The molecule has 0 unspecified atom stereocenters. The van der Waals surface area contributed by atoms with Gasteiger partial charge in [-0.3, -0.25) is 0 Å². The monoisotopic (exact) mass is 367 g/mol. The van der Waals surface area contributed by atoms with Crippen molar-refractivity contribution in [2.75, 3.05) is 31.2 Å². The zero-order valence-electron chi connectivity index (χ0n) is 16.5. The highest BCUT2D eigenvalue weighted by molar-refractivity contribution is 5.98. The first-order chi connectivity index (χ1) is 13.0. The van der Waals surface area contributed by atoms with Gasteiger partial charge < -0.3 is 19.5 Å². The van der Waals surface area contributed by atoms with E-state index in [4.69, 9.17) is 9.73 Å². The Hall–Kier alpha value is -2.86. The second-order valence-electron chi connectivity index (χ2n) is 6.25. The number of aromatic nitrogens is 2. The maximum atomic E-state index is 5.40. The average Bonchev–Trinajstić information content (AvgIpc) is 3.09. The first-order valence-corrected chi connectivity index (χ1v) is 9.04. The van der Waals surface area contributed by atoms with Crippen LogP contribution in [0.15, 0.2) is 66.6 Å². The van der Waals surface area contributed by atoms with E-state index in [9.17, 15) is 0 Å². The van der Waals surface area contributed by atoms with Crippen molar-refractivity contribution < 1.29 is 4.74 Å². The molecule has 0 spiro atoms. The maximum Gasteiger partial charge on any atom is 0.175 e. The molecule has 0 bridgehead atoms. The average molecular weight is 367 g/mol. The summed E-state index contributed by atoms with van der Waals surface area (Å²) in [4.78, 5) is 11.4. The second kappa shape index (κ2) is 10.3. The van der Waals surface area contributed by atoms with E-state index in [1.807, 2.05) is 43.8 Å². The number of amidine groups is 1. The lowest BCUT2D eigenvalue weighted by Crippen LogP contribution is -2.36. The van der Waals surface area contributed by atoms with Crippen molar-refractivity contribution in [1.29, 1.82) is 0 Å². The molecule has 27 heavy (non-hydrogen) atoms. The molecule has 0 amide bonds. The van der Waals surface area contributed by atoms with Gasteiger partial charge in [-0.2, -0.15) is 0 Å². The molecular weight excluding hydrogens is 338 g/mol. The molecule has 1 saturated heterocycles. The third-order valence-corrected chi connectivity index (χ3v) is 3.83. The molecule has 1 aromatic heterocycles. The Bertz CT molecular complexity index is 770. The molecule has 144 valence electrons. The minimum atomic E-state index is 0.689. The molecule has 0 saturated carbocycles. The third-order valence-electron chi connectivity index (χ3n) is 3.83. The Kier molecular flexibility index (Phi) is 7.82. The number of aryl methyl sites for hydroxylation is 1. The van der Waals surface area contributed by atoms with E-state index in [2.05, 4.69) is 40.5 Å². The topological polar surface area (TPSA) is 54.7 Å². The lowest BCUT2D eigenvalue weighted by molar-refractivity contribution is 0.122. The summed E-state index contributed by atoms with van der Waals surface area (Å²) in [5.74, 6) is 1.46. The van der Waals surface area contributed by atoms with E-state index in [0.717, 1.165) is 43.5 Å². The van der Waals surface area contributed by atoms with Gasteiger partial charge in [0.05, 0.1) is 18.9 Å². The van der Waals surface area contributed by atoms with Gasteiger partial charge in [0.15, 0.2) is 11.7 Å². The van der Waals surface area contributed by atoms with Crippen LogP contribution in [0, 0.1) is 0 Å². The van der Waals surface area contributed by atoms with Crippen molar-refractivity contribution in [2.24, 2.45) is 12.0 Å². The lowest BCUT2D eigenvalue weighted by atomic mass is 10.2. The zero-order chi connectivity index (χ0) is 19.6. The molecule has 0 radical (unpaired) electrons. The van der Waals surface area contributed by atoms with Crippen molar-refractivity contribution >= 4 is 17.2 Å². The summed E-state index contributed by atoms with van der Waals surface area (Å²) >= 11 is 0. The van der Waals surface area contributed by atoms with Crippen LogP contribution in [0.1, 0.15) is 19.7 Å². The number of hydrogen-bond donors (Lipinski definition) is 1. The molecule has 6 nitrogen and oxygen atoms in total. The number of allylic oxidation sites excluding steroid dienone is 2. The molecule has 2 aromatic rings. The Morgan fingerprint density at radius 2 is 1.89 bits per heavy atom. The van der Waals surface area contributed by atoms with Crippen molar-refractivity contribution in [3.8, 4) is 0 Å². The Morgan fingerprint density at radius 3 is 2.41 bits per heavy atom. The van der Waals surface area contributed by atoms with Gasteiger partial charge in [-0.1, -0.05) is 12.7 Å². The van der Waals surface area contributed by atoms with Gasteiger partial charge in [-0.25, -0.2) is 9.98 Å². The van der Waals surface area contributed by atoms with Crippen molar-refractivity contribution in [1.82, 2.24) is 14.9 Å². The largest absolute Gasteiger partial charge is 0.378 e. The fourth-order valence-corrected chi connectivity index (χ4v) is 2.62. The summed E-state index contributed by atoms with van der Waals surface area (Å²) in [6.45, 7) is 14.5. The number of ether oxygens (including phenoxy) is 1. The van der Waals surface area contributed by atoms with Gasteiger partial charge in [0.1, 0.15) is 0 Å². The summed E-state index contributed by atoms with van der Waals surface area (Å²) in [7, 11) is 1.94. The molecule has 3 rings (SSSR count). The Balaban J connectivity index is 0.000000817. The standard InChI is InChI=1S/C18H23N5O.C3H6/c1-14(2)20-17(18-19-8-9-22(18)3)21-15-4-6-16(7-5-15)23-10-12-24-13-11-23;1-3-2/h4-9H,1,10-13H2,2-3H3,(H,20,21);3H,1H2,2H3. The van der Waals surface area contributed by atoms with Crippen LogP contribution >= 0.6 is 0 Å². The minimum absolute atomic E-state index is 0.689. The van der Waals surface area contributed by atoms with E-state index in [1.165, 1.54) is 5.69 Å². The van der Waals surface area contributed by atoms with Crippen LogP contribution < -0.4 is 10.2 Å². The summed E-state index contributed by atoms with van der Waals surface area (Å²) in [6.07, 6.45) is 5.40. The summed E-state index contributed by atoms with van der Waals surface area (Å²) in [5.41, 5.74) is 2.89. The molecule has 0 aliphatic carbocycles. The van der Waals surface area contributed by atoms with E-state index < -0.39 is 0 Å². The number of anilines is 1. The highest BCUT2D eigenvalue weighted by atomic mass is 16.5. The lowest BCUT2D eigenvalue weighted by Gasteiger charge is -2.28. The SMILES string of the molecule is C=C(C)NC(=Nc1ccc(N2CCOCC2)cc1)c1nccn1C.C=CC. The van der Waals surface area contributed by atoms with Crippen LogP contribution in [0.25, 0.3) is 0 Å². The second-order valence-corrected chi connectivity index (χ2v) is 6.25. The number of benzene rings is 1. The predicted octanol–water partition coefficient (Wildman–Crippen LogP) is 3.65. The van der Waals surface area contributed by atoms with Crippen molar-refractivity contribution in [3.63, 3.8) is 0 Å². The van der Waals surface area contributed by atoms with Gasteiger partial charge in [0.2, 0.25) is 0 Å². The third kappa shape index (κ3) is 6.11. The zero-order valence-corrected chi connectivity index (χ0v) is 16.5. The van der Waals surface area contributed by atoms with Gasteiger partial charge in [-0.15, -0.1) is 6.58 Å². The molecule has 1 aliphatic rings. The van der Waals surface area contributed by atoms with Gasteiger partial charge >= 0.3 is 0 Å². The van der Waals surface area contributed by atoms with Crippen LogP contribution in [-0.4, -0.2) is 41.7 Å². The van der Waals surface area contributed by atoms with Gasteiger partial charge in [0, 0.05) is 43.9 Å². The van der Waals surface area contributed by atoms with Gasteiger partial charge in [-0.05, 0) is 38.1 Å². The van der Waals surface area contributed by atoms with Crippen molar-refractivity contribution in [3.05, 3.63) is 67.4 Å². The number of morpholine rings is 1. The molecule has 1 fully saturated rings. The van der Waals surface area contributed by atoms with E-state index >= 15 is 0 Å². The van der Waals surface area contributed by atoms with E-state index in [1.54, 1.807) is 12.3 Å². The fraction of sp³-hybridized carbons (Fsp3) is 0.333. The smallest absolute Gasteiger partial charge is 0.175 e. The van der Waals surface area contributed by atoms with Gasteiger partial charge in [0.25, 0.3) is 0 Å². The number of rotatable bonds is 4. The number of nitrogens with one attached hydrogen (secondary N) is 1. The minimum Gasteiger partial charge on any atom is -0.378 e. The highest BCUT2D eigenvalue weighted by Gasteiger charge is 2.12. The Morgan fingerprint density at radius 1 is 1.26 bits per heavy atom. The van der Waals surface area contributed by atoms with Crippen LogP contribution in [-0.2, 0) is 11.8 Å². The van der Waals surface area contributed by atoms with Crippen LogP contribution in [0.5, 0.6) is 0 Å². The summed E-state index contributed by atoms with van der Waals surface area (Å²) < 4.78 is 7.33. The first-order valence-electron chi connectivity index (χ1n) is 9.04. The fourth-order valence-electron chi connectivity index (χ4n) is 2.62. The summed E-state index contributed by atoms with van der Waals surface area (Å²) in [5, 5.41) is 3.19. The number of aliphatic imine (C=N–C) groups is 1. The van der Waals surface area contributed by atoms with E-state index in [-0.39, 0.29) is 0 Å². The molecule has 1 aliphatic heterocycles. The quantitative estimate of drug-likeness (QED) is 0.509. The molecular formula is C21H29N5O. The summed E-state index contributed by atoms with van der Waals surface area (Å²) in [6, 6.07) is 8.24. The normalized spacial score (nSPS) is 14.2. The predicted molar refractivity (Wildman–Crippen MR) is 113 cm³/mol. The molecule has 0 atom stereocenters. The Labute approximate surface area is 161 Å². The first kappa shape index (κ1) is 20.5. The van der Waals surface area contributed by atoms with Crippen LogP contribution in [0.2, 0.25) is 0 Å². The number of nitrogens with zero attached hydrogens (tertiary/aromatic N) is 4. The number of imidazole rings is 1. The molecule has 6 heteroatoms. The van der Waals surface area contributed by atoms with Crippen LogP contribution in [0.3, 0.4) is 0 Å². The highest BCUT2D eigenvalue weighted by Crippen LogP contribution is 2.21. The number of hydrogen-bond acceptors (Lipinski definition) is 4. The van der Waals surface area contributed by atoms with E-state index in [0.29, 0.717) is 5.84 Å². The molecule has 1 N–H and O–H groups in total.